The van der Waals surface area contributed by atoms with Gasteiger partial charge in [-0.1, -0.05) is 18.2 Å². The van der Waals surface area contributed by atoms with Crippen molar-refractivity contribution in [3.8, 4) is 0 Å². The summed E-state index contributed by atoms with van der Waals surface area (Å²) in [7, 11) is 0.235. The zero-order valence-corrected chi connectivity index (χ0v) is 10.8. The van der Waals surface area contributed by atoms with Crippen LogP contribution in [0.25, 0.3) is 10.9 Å². The standard InChI is InChI=1S/C13H13NO3S/c1-17-13(15)11-9-5-2-3-6-10(9)14-7-4-8-18(16)12(11)14/h2-3,5-6H,4,7-8H2,1H3. The van der Waals surface area contributed by atoms with E-state index in [2.05, 4.69) is 0 Å². The number of aryl methyl sites for hydroxylation is 1. The Labute approximate surface area is 107 Å². The highest BCUT2D eigenvalue weighted by Gasteiger charge is 2.28. The molecule has 3 rings (SSSR count). The lowest BCUT2D eigenvalue weighted by molar-refractivity contribution is 0.0598. The number of esters is 1. The molecular formula is C13H13NO3S. The van der Waals surface area contributed by atoms with E-state index >= 15 is 0 Å². The number of aromatic nitrogens is 1. The first-order chi connectivity index (χ1) is 8.74. The summed E-state index contributed by atoms with van der Waals surface area (Å²) in [5.74, 6) is 0.204. The van der Waals surface area contributed by atoms with Crippen LogP contribution in [0, 0.1) is 0 Å². The number of benzene rings is 1. The third-order valence-corrected chi connectivity index (χ3v) is 4.76. The quantitative estimate of drug-likeness (QED) is 0.739. The summed E-state index contributed by atoms with van der Waals surface area (Å²) >= 11 is 0. The van der Waals surface area contributed by atoms with Gasteiger partial charge in [-0.3, -0.25) is 4.21 Å². The molecule has 0 amide bonds. The van der Waals surface area contributed by atoms with E-state index in [4.69, 9.17) is 4.74 Å². The van der Waals surface area contributed by atoms with E-state index in [1.165, 1.54) is 7.11 Å². The van der Waals surface area contributed by atoms with Crippen LogP contribution in [0.1, 0.15) is 16.8 Å². The van der Waals surface area contributed by atoms with Gasteiger partial charge in [0.1, 0.15) is 10.6 Å². The zero-order valence-electron chi connectivity index (χ0n) is 10.0. The predicted molar refractivity (Wildman–Crippen MR) is 69.2 cm³/mol. The molecule has 1 atom stereocenters. The average molecular weight is 263 g/mol. The van der Waals surface area contributed by atoms with Crippen LogP contribution in [0.5, 0.6) is 0 Å². The lowest BCUT2D eigenvalue weighted by Crippen LogP contribution is -2.18. The van der Waals surface area contributed by atoms with Gasteiger partial charge in [-0.2, -0.15) is 0 Å². The monoisotopic (exact) mass is 263 g/mol. The Balaban J connectivity index is 2.41. The van der Waals surface area contributed by atoms with Gasteiger partial charge in [-0.05, 0) is 12.5 Å². The van der Waals surface area contributed by atoms with Crippen LogP contribution in [0.2, 0.25) is 0 Å². The predicted octanol–water partition coefficient (Wildman–Crippen LogP) is 1.94. The molecule has 0 N–H and O–H groups in total. The zero-order chi connectivity index (χ0) is 12.7. The molecule has 1 aliphatic heterocycles. The lowest BCUT2D eigenvalue weighted by atomic mass is 10.2. The molecule has 2 heterocycles. The minimum atomic E-state index is -1.12. The van der Waals surface area contributed by atoms with Gasteiger partial charge in [0.25, 0.3) is 0 Å². The average Bonchev–Trinajstić information content (AvgIpc) is 2.74. The van der Waals surface area contributed by atoms with Crippen LogP contribution in [0.4, 0.5) is 0 Å². The number of ether oxygens (including phenoxy) is 1. The first kappa shape index (κ1) is 11.5. The molecule has 1 unspecified atom stereocenters. The van der Waals surface area contributed by atoms with Crippen LogP contribution in [0.15, 0.2) is 29.3 Å². The molecule has 0 spiro atoms. The van der Waals surface area contributed by atoms with Gasteiger partial charge in [0.2, 0.25) is 0 Å². The van der Waals surface area contributed by atoms with Crippen molar-refractivity contribution >= 4 is 27.7 Å². The molecule has 0 fully saturated rings. The van der Waals surface area contributed by atoms with Gasteiger partial charge in [0.05, 0.1) is 17.9 Å². The van der Waals surface area contributed by atoms with Crippen molar-refractivity contribution in [1.29, 1.82) is 0 Å². The molecule has 1 aromatic heterocycles. The molecule has 5 heteroatoms. The lowest BCUT2D eigenvalue weighted by Gasteiger charge is -2.16. The fraction of sp³-hybridized carbons (Fsp3) is 0.308. The number of nitrogens with zero attached hydrogens (tertiary/aromatic N) is 1. The van der Waals surface area contributed by atoms with E-state index in [1.54, 1.807) is 0 Å². The molecule has 18 heavy (non-hydrogen) atoms. The smallest absolute Gasteiger partial charge is 0.341 e. The Kier molecular flexibility index (Phi) is 2.70. The molecule has 4 nitrogen and oxygen atoms in total. The van der Waals surface area contributed by atoms with Gasteiger partial charge >= 0.3 is 5.97 Å². The summed E-state index contributed by atoms with van der Waals surface area (Å²) in [5.41, 5.74) is 1.42. The normalized spacial score (nSPS) is 18.6. The Bertz CT molecular complexity index is 660. The molecule has 0 radical (unpaired) electrons. The highest BCUT2D eigenvalue weighted by Crippen LogP contribution is 2.32. The minimum Gasteiger partial charge on any atom is -0.465 e. The Hall–Kier alpha value is -1.62. The van der Waals surface area contributed by atoms with E-state index in [0.29, 0.717) is 16.3 Å². The Morgan fingerprint density at radius 2 is 2.17 bits per heavy atom. The van der Waals surface area contributed by atoms with E-state index < -0.39 is 16.8 Å². The number of carbonyl (C=O) groups excluding carboxylic acids is 1. The number of hydrogen-bond donors (Lipinski definition) is 0. The molecule has 0 bridgehead atoms. The van der Waals surface area contributed by atoms with E-state index in [-0.39, 0.29) is 0 Å². The second kappa shape index (κ2) is 4.24. The van der Waals surface area contributed by atoms with Gasteiger partial charge in [-0.25, -0.2) is 4.79 Å². The maximum absolute atomic E-state index is 12.2. The van der Waals surface area contributed by atoms with Crippen molar-refractivity contribution < 1.29 is 13.7 Å². The second-order valence-electron chi connectivity index (χ2n) is 4.24. The first-order valence-electron chi connectivity index (χ1n) is 5.82. The van der Waals surface area contributed by atoms with Gasteiger partial charge in [-0.15, -0.1) is 0 Å². The van der Waals surface area contributed by atoms with Crippen molar-refractivity contribution in [2.45, 2.75) is 18.0 Å². The third kappa shape index (κ3) is 1.50. The summed E-state index contributed by atoms with van der Waals surface area (Å²) in [4.78, 5) is 11.9. The summed E-state index contributed by atoms with van der Waals surface area (Å²) in [5, 5.41) is 1.45. The number of rotatable bonds is 1. The van der Waals surface area contributed by atoms with E-state index in [0.717, 1.165) is 23.9 Å². The number of carbonyl (C=O) groups is 1. The summed E-state index contributed by atoms with van der Waals surface area (Å²) < 4.78 is 19.0. The maximum Gasteiger partial charge on any atom is 0.341 e. The first-order valence-corrected chi connectivity index (χ1v) is 7.14. The van der Waals surface area contributed by atoms with Crippen LogP contribution < -0.4 is 0 Å². The summed E-state index contributed by atoms with van der Waals surface area (Å²) in [6.07, 6.45) is 0.874. The summed E-state index contributed by atoms with van der Waals surface area (Å²) in [6.45, 7) is 0.804. The van der Waals surface area contributed by atoms with Crippen molar-refractivity contribution in [3.63, 3.8) is 0 Å². The molecule has 0 saturated heterocycles. The largest absolute Gasteiger partial charge is 0.465 e. The molecule has 94 valence electrons. The number of fused-ring (bicyclic) bond motifs is 3. The second-order valence-corrected chi connectivity index (χ2v) is 5.73. The van der Waals surface area contributed by atoms with E-state index in [1.807, 2.05) is 28.8 Å². The Morgan fingerprint density at radius 3 is 2.94 bits per heavy atom. The van der Waals surface area contributed by atoms with Gasteiger partial charge < -0.3 is 9.30 Å². The third-order valence-electron chi connectivity index (χ3n) is 3.24. The maximum atomic E-state index is 12.2. The van der Waals surface area contributed by atoms with Crippen molar-refractivity contribution in [3.05, 3.63) is 29.8 Å². The molecule has 1 aromatic carbocycles. The van der Waals surface area contributed by atoms with E-state index in [9.17, 15) is 9.00 Å². The Morgan fingerprint density at radius 1 is 1.39 bits per heavy atom. The molecule has 2 aromatic rings. The molecule has 0 saturated carbocycles. The SMILES string of the molecule is COC(=O)c1c2n(c3ccccc13)CCCS2=O. The number of hydrogen-bond acceptors (Lipinski definition) is 3. The number of methoxy groups -OCH3 is 1. The summed E-state index contributed by atoms with van der Waals surface area (Å²) in [6, 6.07) is 7.63. The van der Waals surface area contributed by atoms with Crippen molar-refractivity contribution in [2.75, 3.05) is 12.9 Å². The highest BCUT2D eigenvalue weighted by molar-refractivity contribution is 7.85. The minimum absolute atomic E-state index is 0.407. The fourth-order valence-electron chi connectivity index (χ4n) is 2.49. The van der Waals surface area contributed by atoms with Crippen LogP contribution >= 0.6 is 0 Å². The van der Waals surface area contributed by atoms with Crippen LogP contribution in [-0.4, -0.2) is 27.6 Å². The van der Waals surface area contributed by atoms with Crippen molar-refractivity contribution in [1.82, 2.24) is 4.57 Å². The van der Waals surface area contributed by atoms with Crippen LogP contribution in [0.3, 0.4) is 0 Å². The van der Waals surface area contributed by atoms with Crippen molar-refractivity contribution in [2.24, 2.45) is 0 Å². The molecular weight excluding hydrogens is 250 g/mol. The highest BCUT2D eigenvalue weighted by atomic mass is 32.2. The molecule has 0 aliphatic carbocycles. The van der Waals surface area contributed by atoms with Crippen LogP contribution in [-0.2, 0) is 22.1 Å². The van der Waals surface area contributed by atoms with Gasteiger partial charge in [0.15, 0.2) is 0 Å². The fourth-order valence-corrected chi connectivity index (χ4v) is 3.93. The molecule has 1 aliphatic rings. The number of para-hydroxylation sites is 1. The van der Waals surface area contributed by atoms with Gasteiger partial charge in [0, 0.05) is 23.2 Å². The topological polar surface area (TPSA) is 48.3 Å².